The van der Waals surface area contributed by atoms with Crippen LogP contribution in [0.5, 0.6) is 0 Å². The molecule has 0 amide bonds. The summed E-state index contributed by atoms with van der Waals surface area (Å²) in [6.45, 7) is 6.30. The van der Waals surface area contributed by atoms with Gasteiger partial charge in [0.1, 0.15) is 7.14 Å². The highest BCUT2D eigenvalue weighted by molar-refractivity contribution is 7.71. The van der Waals surface area contributed by atoms with Crippen molar-refractivity contribution in [1.29, 1.82) is 0 Å². The summed E-state index contributed by atoms with van der Waals surface area (Å²) in [6, 6.07) is 8.44. The molecule has 0 N–H and O–H groups in total. The number of rotatable bonds is 2. The molecule has 0 radical (unpaired) electrons. The molecule has 17 heavy (non-hydrogen) atoms. The van der Waals surface area contributed by atoms with Gasteiger partial charge in [0.25, 0.3) is 0 Å². The standard InChI is InChI=1S/C14H22NOP/c1-12(2)13-4-6-14(7-5-13)17(16)10-8-15(3)9-11-17/h4-7,12H,8-11H2,1-3H3. The van der Waals surface area contributed by atoms with Gasteiger partial charge in [-0.25, -0.2) is 0 Å². The Morgan fingerprint density at radius 2 is 1.65 bits per heavy atom. The molecule has 2 rings (SSSR count). The van der Waals surface area contributed by atoms with Gasteiger partial charge < -0.3 is 9.46 Å². The lowest BCUT2D eigenvalue weighted by molar-refractivity contribution is 0.361. The van der Waals surface area contributed by atoms with E-state index in [2.05, 4.69) is 50.1 Å². The maximum absolute atomic E-state index is 12.8. The van der Waals surface area contributed by atoms with E-state index in [4.69, 9.17) is 0 Å². The van der Waals surface area contributed by atoms with Gasteiger partial charge in [0.05, 0.1) is 0 Å². The molecule has 0 unspecified atom stereocenters. The van der Waals surface area contributed by atoms with Crippen LogP contribution in [0.1, 0.15) is 25.3 Å². The molecule has 94 valence electrons. The van der Waals surface area contributed by atoms with Gasteiger partial charge in [0.15, 0.2) is 0 Å². The first-order valence-corrected chi connectivity index (χ1v) is 8.46. The Morgan fingerprint density at radius 3 is 2.12 bits per heavy atom. The van der Waals surface area contributed by atoms with E-state index in [9.17, 15) is 4.57 Å². The minimum Gasteiger partial charge on any atom is -0.319 e. The molecule has 1 aliphatic heterocycles. The second-order valence-electron chi connectivity index (χ2n) is 5.39. The molecule has 1 fully saturated rings. The van der Waals surface area contributed by atoms with Gasteiger partial charge in [-0.1, -0.05) is 38.1 Å². The van der Waals surface area contributed by atoms with Crippen LogP contribution in [0.25, 0.3) is 0 Å². The van der Waals surface area contributed by atoms with E-state index in [0.29, 0.717) is 5.92 Å². The summed E-state index contributed by atoms with van der Waals surface area (Å²) in [7, 11) is 0.00764. The van der Waals surface area contributed by atoms with Crippen LogP contribution in [0, 0.1) is 0 Å². The minimum absolute atomic E-state index is 0.544. The first-order chi connectivity index (χ1) is 8.01. The molecule has 0 spiro atoms. The number of benzene rings is 1. The summed E-state index contributed by atoms with van der Waals surface area (Å²) in [4.78, 5) is 2.26. The van der Waals surface area contributed by atoms with Crippen LogP contribution in [0.3, 0.4) is 0 Å². The van der Waals surface area contributed by atoms with Crippen LogP contribution in [0.4, 0.5) is 0 Å². The predicted molar refractivity (Wildman–Crippen MR) is 75.0 cm³/mol. The summed E-state index contributed by atoms with van der Waals surface area (Å²) < 4.78 is 12.8. The van der Waals surface area contributed by atoms with Crippen LogP contribution in [-0.2, 0) is 4.57 Å². The predicted octanol–water partition coefficient (Wildman–Crippen LogP) is 2.74. The molecule has 3 heteroatoms. The molecule has 2 nitrogen and oxygen atoms in total. The molecule has 1 aliphatic rings. The monoisotopic (exact) mass is 251 g/mol. The van der Waals surface area contributed by atoms with Crippen LogP contribution in [0.15, 0.2) is 24.3 Å². The van der Waals surface area contributed by atoms with Gasteiger partial charge in [-0.3, -0.25) is 0 Å². The molecule has 0 aromatic heterocycles. The van der Waals surface area contributed by atoms with Crippen molar-refractivity contribution in [3.63, 3.8) is 0 Å². The SMILES string of the molecule is CC(C)c1ccc(P2(=O)CCN(C)CC2)cc1. The first kappa shape index (κ1) is 12.9. The number of hydrogen-bond donors (Lipinski definition) is 0. The van der Waals surface area contributed by atoms with E-state index >= 15 is 0 Å². The zero-order valence-electron chi connectivity index (χ0n) is 11.0. The molecule has 0 atom stereocenters. The average molecular weight is 251 g/mol. The summed E-state index contributed by atoms with van der Waals surface area (Å²) in [5.74, 6) is 0.544. The van der Waals surface area contributed by atoms with Gasteiger partial charge in [-0.2, -0.15) is 0 Å². The summed E-state index contributed by atoms with van der Waals surface area (Å²) in [5, 5.41) is 1.08. The van der Waals surface area contributed by atoms with E-state index in [1.807, 2.05) is 0 Å². The molecule has 1 saturated heterocycles. The third kappa shape index (κ3) is 2.81. The van der Waals surface area contributed by atoms with Gasteiger partial charge in [0, 0.05) is 30.7 Å². The molecule has 1 aromatic carbocycles. The second-order valence-corrected chi connectivity index (χ2v) is 8.58. The van der Waals surface area contributed by atoms with Crippen LogP contribution >= 0.6 is 7.14 Å². The molecule has 1 aromatic rings. The first-order valence-electron chi connectivity index (χ1n) is 6.38. The van der Waals surface area contributed by atoms with Crippen molar-refractivity contribution >= 4 is 12.4 Å². The summed E-state index contributed by atoms with van der Waals surface area (Å²) >= 11 is 0. The van der Waals surface area contributed by atoms with Crippen molar-refractivity contribution in [1.82, 2.24) is 4.90 Å². The van der Waals surface area contributed by atoms with Crippen LogP contribution in [0.2, 0.25) is 0 Å². The van der Waals surface area contributed by atoms with E-state index in [-0.39, 0.29) is 0 Å². The molecule has 0 bridgehead atoms. The molecule has 0 aliphatic carbocycles. The van der Waals surface area contributed by atoms with Crippen molar-refractivity contribution in [2.24, 2.45) is 0 Å². The van der Waals surface area contributed by atoms with E-state index < -0.39 is 7.14 Å². The third-order valence-electron chi connectivity index (χ3n) is 3.72. The minimum atomic E-state index is -2.09. The lowest BCUT2D eigenvalue weighted by atomic mass is 10.0. The van der Waals surface area contributed by atoms with Crippen LogP contribution in [-0.4, -0.2) is 37.4 Å². The van der Waals surface area contributed by atoms with E-state index in [1.54, 1.807) is 0 Å². The van der Waals surface area contributed by atoms with Crippen molar-refractivity contribution in [3.05, 3.63) is 29.8 Å². The van der Waals surface area contributed by atoms with Crippen molar-refractivity contribution in [3.8, 4) is 0 Å². The average Bonchev–Trinajstić information content (AvgIpc) is 2.33. The Bertz CT molecular complexity index is 412. The van der Waals surface area contributed by atoms with Gasteiger partial charge >= 0.3 is 0 Å². The zero-order valence-corrected chi connectivity index (χ0v) is 11.9. The lowest BCUT2D eigenvalue weighted by Crippen LogP contribution is -2.34. The lowest BCUT2D eigenvalue weighted by Gasteiger charge is -2.29. The molecular formula is C14H22NOP. The molecule has 1 heterocycles. The normalized spacial score (nSPS) is 20.7. The Labute approximate surface area is 104 Å². The summed E-state index contributed by atoms with van der Waals surface area (Å²) in [5.41, 5.74) is 1.33. The van der Waals surface area contributed by atoms with Gasteiger partial charge in [0.2, 0.25) is 0 Å². The topological polar surface area (TPSA) is 20.3 Å². The number of hydrogen-bond acceptors (Lipinski definition) is 2. The van der Waals surface area contributed by atoms with Gasteiger partial charge in [-0.05, 0) is 18.5 Å². The summed E-state index contributed by atoms with van der Waals surface area (Å²) in [6.07, 6.45) is 1.68. The molecular weight excluding hydrogens is 229 g/mol. The van der Waals surface area contributed by atoms with Crippen molar-refractivity contribution in [2.75, 3.05) is 32.5 Å². The Balaban J connectivity index is 2.19. The van der Waals surface area contributed by atoms with E-state index in [1.165, 1.54) is 5.56 Å². The fraction of sp³-hybridized carbons (Fsp3) is 0.571. The highest BCUT2D eigenvalue weighted by Crippen LogP contribution is 2.45. The smallest absolute Gasteiger partial charge is 0.118 e. The highest BCUT2D eigenvalue weighted by atomic mass is 31.2. The number of nitrogens with zero attached hydrogens (tertiary/aromatic N) is 1. The maximum atomic E-state index is 12.8. The van der Waals surface area contributed by atoms with Crippen molar-refractivity contribution < 1.29 is 4.57 Å². The zero-order chi connectivity index (χ0) is 12.5. The quantitative estimate of drug-likeness (QED) is 0.753. The maximum Gasteiger partial charge on any atom is 0.118 e. The fourth-order valence-corrected chi connectivity index (χ4v) is 5.04. The Hall–Kier alpha value is -0.590. The fourth-order valence-electron chi connectivity index (χ4n) is 2.28. The third-order valence-corrected chi connectivity index (χ3v) is 6.80. The Kier molecular flexibility index (Phi) is 3.75. The molecule has 0 saturated carbocycles. The second kappa shape index (κ2) is 4.96. The van der Waals surface area contributed by atoms with Crippen molar-refractivity contribution in [2.45, 2.75) is 19.8 Å². The largest absolute Gasteiger partial charge is 0.319 e. The van der Waals surface area contributed by atoms with E-state index in [0.717, 1.165) is 30.7 Å². The highest BCUT2D eigenvalue weighted by Gasteiger charge is 2.28. The Morgan fingerprint density at radius 1 is 1.12 bits per heavy atom. The van der Waals surface area contributed by atoms with Gasteiger partial charge in [-0.15, -0.1) is 0 Å². The van der Waals surface area contributed by atoms with Crippen LogP contribution < -0.4 is 5.30 Å².